The summed E-state index contributed by atoms with van der Waals surface area (Å²) in [5, 5.41) is 14.4. The normalized spacial score (nSPS) is 30.3. The van der Waals surface area contributed by atoms with Gasteiger partial charge in [-0.2, -0.15) is 0 Å². The van der Waals surface area contributed by atoms with Crippen molar-refractivity contribution in [3.63, 3.8) is 0 Å². The Balaban J connectivity index is 1.03. The molecule has 2 unspecified atom stereocenters. The molecule has 6 aliphatic rings. The minimum atomic E-state index is -0.495. The topological polar surface area (TPSA) is 82.6 Å². The lowest BCUT2D eigenvalue weighted by atomic mass is 9.52. The molecule has 0 spiro atoms. The molecule has 218 valence electrons. The Hall–Kier alpha value is -3.46. The van der Waals surface area contributed by atoms with Crippen molar-refractivity contribution in [3.05, 3.63) is 48.5 Å². The highest BCUT2D eigenvalue weighted by Gasteiger charge is 2.55. The second kappa shape index (κ2) is 10.1. The van der Waals surface area contributed by atoms with Crippen LogP contribution in [-0.2, 0) is 0 Å². The molecule has 2 heterocycles. The maximum Gasteiger partial charge on any atom is 0.322 e. The van der Waals surface area contributed by atoms with Gasteiger partial charge in [0.15, 0.2) is 0 Å². The molecule has 1 saturated heterocycles. The monoisotopic (exact) mass is 558 g/mol. The number of rotatable bonds is 3. The van der Waals surface area contributed by atoms with Crippen molar-refractivity contribution in [1.82, 2.24) is 15.1 Å². The fourth-order valence-corrected chi connectivity index (χ4v) is 8.56. The van der Waals surface area contributed by atoms with Crippen molar-refractivity contribution in [3.8, 4) is 0 Å². The zero-order valence-corrected chi connectivity index (χ0v) is 24.2. The molecule has 2 atom stereocenters. The van der Waals surface area contributed by atoms with Crippen LogP contribution in [0.25, 0.3) is 0 Å². The molecule has 2 aliphatic heterocycles. The number of nitrogens with zero attached hydrogens (tertiary/aromatic N) is 5. The molecule has 4 aliphatic carbocycles. The van der Waals surface area contributed by atoms with Gasteiger partial charge in [-0.25, -0.2) is 9.59 Å². The van der Waals surface area contributed by atoms with E-state index in [2.05, 4.69) is 45.4 Å². The van der Waals surface area contributed by atoms with E-state index in [9.17, 15) is 14.7 Å². The van der Waals surface area contributed by atoms with Crippen LogP contribution in [0.1, 0.15) is 32.1 Å². The molecule has 2 N–H and O–H groups in total. The number of fused-ring (bicyclic) bond motifs is 1. The summed E-state index contributed by atoms with van der Waals surface area (Å²) < 4.78 is 0. The zero-order chi connectivity index (χ0) is 28.3. The molecular weight excluding hydrogens is 516 g/mol. The number of nitrogens with one attached hydrogen (secondary N) is 1. The summed E-state index contributed by atoms with van der Waals surface area (Å²) in [5.74, 6) is 1.40. The Bertz CT molecular complexity index is 1290. The van der Waals surface area contributed by atoms with Gasteiger partial charge in [0.1, 0.15) is 0 Å². The van der Waals surface area contributed by atoms with Crippen molar-refractivity contribution in [2.24, 2.45) is 17.8 Å². The molecule has 4 saturated carbocycles. The summed E-state index contributed by atoms with van der Waals surface area (Å²) in [6.07, 6.45) is 4.87. The minimum absolute atomic E-state index is 0.0104. The fourth-order valence-electron chi connectivity index (χ4n) is 8.56. The Morgan fingerprint density at radius 3 is 2.10 bits per heavy atom. The molecule has 8 rings (SSSR count). The van der Waals surface area contributed by atoms with Crippen LogP contribution in [0.4, 0.5) is 32.3 Å². The molecule has 2 aromatic carbocycles. The summed E-state index contributed by atoms with van der Waals surface area (Å²) in [7, 11) is 3.60. The number of urea groups is 2. The fraction of sp³-hybridized carbons (Fsp3) is 0.562. The van der Waals surface area contributed by atoms with Gasteiger partial charge in [0.05, 0.1) is 17.0 Å². The van der Waals surface area contributed by atoms with Crippen LogP contribution in [0.2, 0.25) is 0 Å². The van der Waals surface area contributed by atoms with Crippen LogP contribution in [0.3, 0.4) is 0 Å². The lowest BCUT2D eigenvalue weighted by molar-refractivity contribution is -0.136. The van der Waals surface area contributed by atoms with Crippen molar-refractivity contribution in [2.75, 3.05) is 68.1 Å². The van der Waals surface area contributed by atoms with E-state index in [0.29, 0.717) is 30.8 Å². The van der Waals surface area contributed by atoms with Gasteiger partial charge in [0, 0.05) is 70.8 Å². The van der Waals surface area contributed by atoms with Gasteiger partial charge in [-0.3, -0.25) is 4.90 Å². The van der Waals surface area contributed by atoms with Crippen LogP contribution >= 0.6 is 0 Å². The Morgan fingerprint density at radius 1 is 0.829 bits per heavy atom. The number of amides is 4. The Labute approximate surface area is 242 Å². The third-order valence-corrected chi connectivity index (χ3v) is 10.2. The number of para-hydroxylation sites is 2. The van der Waals surface area contributed by atoms with Crippen molar-refractivity contribution in [1.29, 1.82) is 0 Å². The Kier molecular flexibility index (Phi) is 6.52. The highest BCUT2D eigenvalue weighted by Crippen LogP contribution is 2.55. The molecule has 9 nitrogen and oxygen atoms in total. The predicted molar refractivity (Wildman–Crippen MR) is 161 cm³/mol. The van der Waals surface area contributed by atoms with E-state index in [0.717, 1.165) is 81.0 Å². The van der Waals surface area contributed by atoms with Crippen LogP contribution in [0.15, 0.2) is 48.5 Å². The summed E-state index contributed by atoms with van der Waals surface area (Å²) in [6.45, 7) is 4.41. The van der Waals surface area contributed by atoms with Crippen molar-refractivity contribution < 1.29 is 14.7 Å². The Morgan fingerprint density at radius 2 is 1.46 bits per heavy atom. The second-order valence-electron chi connectivity index (χ2n) is 13.1. The number of benzene rings is 2. The van der Waals surface area contributed by atoms with E-state index in [1.54, 1.807) is 19.0 Å². The molecule has 41 heavy (non-hydrogen) atoms. The first-order chi connectivity index (χ1) is 19.8. The average molecular weight is 559 g/mol. The van der Waals surface area contributed by atoms with Crippen LogP contribution < -0.4 is 20.0 Å². The molecule has 4 amide bonds. The molecule has 9 heteroatoms. The van der Waals surface area contributed by atoms with Gasteiger partial charge in [-0.1, -0.05) is 12.1 Å². The standard InChI is InChI=1S/C32H42N6O3/c1-34(2)31(40)36-13-11-35(12-14-36)25-7-9-26(10-8-25)37-15-16-38(28-6-4-3-5-27(28)37)30(39)33-29-23-17-22-18-24(29)21-32(41,19-22)20-23/h3-10,22-24,29,41H,11-21H2,1-2H3,(H,33,39). The third-order valence-electron chi connectivity index (χ3n) is 10.2. The summed E-state index contributed by atoms with van der Waals surface area (Å²) in [4.78, 5) is 36.1. The maximum atomic E-state index is 13.7. The van der Waals surface area contributed by atoms with E-state index < -0.39 is 5.60 Å². The van der Waals surface area contributed by atoms with Crippen molar-refractivity contribution >= 4 is 34.8 Å². The van der Waals surface area contributed by atoms with E-state index in [-0.39, 0.29) is 18.1 Å². The zero-order valence-electron chi connectivity index (χ0n) is 24.2. The number of piperazine rings is 1. The molecule has 2 aromatic rings. The quantitative estimate of drug-likeness (QED) is 0.593. The molecule has 0 aromatic heterocycles. The summed E-state index contributed by atoms with van der Waals surface area (Å²) in [5.41, 5.74) is 3.75. The van der Waals surface area contributed by atoms with Gasteiger partial charge in [-0.15, -0.1) is 0 Å². The lowest BCUT2D eigenvalue weighted by Gasteiger charge is -2.58. The highest BCUT2D eigenvalue weighted by atomic mass is 16.3. The van der Waals surface area contributed by atoms with Crippen LogP contribution in [0.5, 0.6) is 0 Å². The SMILES string of the molecule is CN(C)C(=O)N1CCN(c2ccc(N3CCN(C(=O)NC4C5CC6CC4CC(O)(C6)C5)c4ccccc43)cc2)CC1. The van der Waals surface area contributed by atoms with E-state index in [1.807, 2.05) is 28.0 Å². The third kappa shape index (κ3) is 4.78. The van der Waals surface area contributed by atoms with Gasteiger partial charge in [0.2, 0.25) is 0 Å². The first-order valence-corrected chi connectivity index (χ1v) is 15.3. The molecule has 0 radical (unpaired) electrons. The van der Waals surface area contributed by atoms with Gasteiger partial charge >= 0.3 is 12.1 Å². The van der Waals surface area contributed by atoms with Crippen LogP contribution in [-0.4, -0.2) is 92.0 Å². The largest absolute Gasteiger partial charge is 0.390 e. The number of carbonyl (C=O) groups excluding carboxylic acids is 2. The molecule has 4 bridgehead atoms. The molecule has 5 fully saturated rings. The van der Waals surface area contributed by atoms with Gasteiger partial charge in [-0.05, 0) is 86.3 Å². The van der Waals surface area contributed by atoms with E-state index in [1.165, 1.54) is 0 Å². The summed E-state index contributed by atoms with van der Waals surface area (Å²) >= 11 is 0. The van der Waals surface area contributed by atoms with Gasteiger partial charge < -0.3 is 30.0 Å². The van der Waals surface area contributed by atoms with E-state index >= 15 is 0 Å². The number of carbonyl (C=O) groups is 2. The number of hydrogen-bond donors (Lipinski definition) is 2. The maximum absolute atomic E-state index is 13.7. The van der Waals surface area contributed by atoms with Gasteiger partial charge in [0.25, 0.3) is 0 Å². The highest BCUT2D eigenvalue weighted by molar-refractivity contribution is 5.98. The number of aliphatic hydroxyl groups is 1. The predicted octanol–water partition coefficient (Wildman–Crippen LogP) is 4.10. The lowest BCUT2D eigenvalue weighted by Crippen LogP contribution is -2.63. The number of hydrogen-bond acceptors (Lipinski definition) is 5. The number of anilines is 4. The molecular formula is C32H42N6O3. The van der Waals surface area contributed by atoms with E-state index in [4.69, 9.17) is 0 Å². The van der Waals surface area contributed by atoms with Crippen LogP contribution in [0, 0.1) is 17.8 Å². The second-order valence-corrected chi connectivity index (χ2v) is 13.1. The smallest absolute Gasteiger partial charge is 0.322 e. The average Bonchev–Trinajstić information content (AvgIpc) is 2.97. The first kappa shape index (κ1) is 26.4. The minimum Gasteiger partial charge on any atom is -0.390 e. The van der Waals surface area contributed by atoms with Crippen molar-refractivity contribution in [2.45, 2.75) is 43.7 Å². The first-order valence-electron chi connectivity index (χ1n) is 15.3. The summed E-state index contributed by atoms with van der Waals surface area (Å²) in [6, 6.07) is 17.1.